The quantitative estimate of drug-likeness (QED) is 0.230. The highest BCUT2D eigenvalue weighted by atomic mass is 35.5. The second-order valence-corrected chi connectivity index (χ2v) is 8.33. The van der Waals surface area contributed by atoms with Gasteiger partial charge in [-0.05, 0) is 60.9 Å². The molecular formula is C25H22ClN3O5. The van der Waals surface area contributed by atoms with Gasteiger partial charge in [0.15, 0.2) is 11.3 Å². The summed E-state index contributed by atoms with van der Waals surface area (Å²) in [4.78, 5) is 28.2. The standard InChI is InChI=1S/C25H22ClN3O5/c1-4-33-23-10-7-16(13-21(23)29(31)32)24(30)27-19-12-17(5-8-18(19)26)25-28-20-11-15(14(2)3)6-9-22(20)34-25/h5-14H,4H2,1-3H3,(H,27,30). The van der Waals surface area contributed by atoms with Crippen molar-refractivity contribution < 1.29 is 18.9 Å². The molecule has 0 radical (unpaired) electrons. The zero-order valence-electron chi connectivity index (χ0n) is 18.8. The lowest BCUT2D eigenvalue weighted by Gasteiger charge is -2.10. The summed E-state index contributed by atoms with van der Waals surface area (Å²) in [5.41, 5.74) is 3.30. The zero-order valence-corrected chi connectivity index (χ0v) is 19.6. The maximum atomic E-state index is 12.8. The fraction of sp³-hybridized carbons (Fsp3) is 0.200. The molecule has 34 heavy (non-hydrogen) atoms. The number of benzene rings is 3. The monoisotopic (exact) mass is 479 g/mol. The summed E-state index contributed by atoms with van der Waals surface area (Å²) in [5.74, 6) is 0.296. The number of nitrogens with one attached hydrogen (secondary N) is 1. The molecule has 1 heterocycles. The van der Waals surface area contributed by atoms with Crippen molar-refractivity contribution >= 4 is 40.0 Å². The summed E-state index contributed by atoms with van der Waals surface area (Å²) in [6, 6.07) is 14.9. The first kappa shape index (κ1) is 23.3. The van der Waals surface area contributed by atoms with Gasteiger partial charge in [-0.1, -0.05) is 31.5 Å². The van der Waals surface area contributed by atoms with Crippen LogP contribution in [0.5, 0.6) is 5.75 Å². The molecule has 174 valence electrons. The second kappa shape index (κ2) is 9.52. The third kappa shape index (κ3) is 4.72. The van der Waals surface area contributed by atoms with E-state index >= 15 is 0 Å². The molecule has 0 aliphatic rings. The first-order valence-corrected chi connectivity index (χ1v) is 11.1. The van der Waals surface area contributed by atoms with Gasteiger partial charge >= 0.3 is 5.69 Å². The van der Waals surface area contributed by atoms with Crippen LogP contribution in [-0.2, 0) is 0 Å². The maximum Gasteiger partial charge on any atom is 0.311 e. The van der Waals surface area contributed by atoms with Gasteiger partial charge in [-0.3, -0.25) is 14.9 Å². The van der Waals surface area contributed by atoms with Crippen molar-refractivity contribution in [3.8, 4) is 17.2 Å². The molecule has 1 aromatic heterocycles. The normalized spacial score (nSPS) is 11.1. The van der Waals surface area contributed by atoms with Gasteiger partial charge in [0.25, 0.3) is 5.91 Å². The van der Waals surface area contributed by atoms with Crippen LogP contribution in [0.25, 0.3) is 22.6 Å². The van der Waals surface area contributed by atoms with E-state index < -0.39 is 10.8 Å². The van der Waals surface area contributed by atoms with Crippen molar-refractivity contribution in [3.63, 3.8) is 0 Å². The highest BCUT2D eigenvalue weighted by Gasteiger charge is 2.20. The Bertz CT molecular complexity index is 1400. The topological polar surface area (TPSA) is 108 Å². The van der Waals surface area contributed by atoms with Gasteiger partial charge in [0.05, 0.1) is 22.2 Å². The molecule has 0 fully saturated rings. The smallest absolute Gasteiger partial charge is 0.311 e. The number of nitro groups is 1. The molecule has 0 spiro atoms. The molecule has 0 unspecified atom stereocenters. The van der Waals surface area contributed by atoms with Gasteiger partial charge in [0.1, 0.15) is 5.52 Å². The number of oxazole rings is 1. The number of hydrogen-bond donors (Lipinski definition) is 1. The summed E-state index contributed by atoms with van der Waals surface area (Å²) in [5, 5.41) is 14.4. The second-order valence-electron chi connectivity index (χ2n) is 7.92. The van der Waals surface area contributed by atoms with Gasteiger partial charge in [-0.25, -0.2) is 4.98 Å². The summed E-state index contributed by atoms with van der Waals surface area (Å²) < 4.78 is 11.2. The van der Waals surface area contributed by atoms with E-state index in [1.807, 2.05) is 18.2 Å². The lowest BCUT2D eigenvalue weighted by atomic mass is 10.0. The van der Waals surface area contributed by atoms with Crippen LogP contribution >= 0.6 is 11.6 Å². The average molecular weight is 480 g/mol. The highest BCUT2D eigenvalue weighted by molar-refractivity contribution is 6.34. The number of anilines is 1. The van der Waals surface area contributed by atoms with E-state index in [-0.39, 0.29) is 23.6 Å². The first-order chi connectivity index (χ1) is 16.3. The van der Waals surface area contributed by atoms with Crippen molar-refractivity contribution in [2.45, 2.75) is 26.7 Å². The number of nitrogens with zero attached hydrogens (tertiary/aromatic N) is 2. The predicted octanol–water partition coefficient (Wildman–Crippen LogP) is 6.83. The number of ether oxygens (including phenoxy) is 1. The number of rotatable bonds is 7. The zero-order chi connectivity index (χ0) is 24.4. The molecule has 4 rings (SSSR count). The van der Waals surface area contributed by atoms with E-state index in [0.717, 1.165) is 11.1 Å². The maximum absolute atomic E-state index is 12.8. The molecule has 0 aliphatic heterocycles. The Balaban J connectivity index is 1.63. The molecule has 8 nitrogen and oxygen atoms in total. The Labute approximate surface area is 200 Å². The van der Waals surface area contributed by atoms with E-state index in [0.29, 0.717) is 33.7 Å². The van der Waals surface area contributed by atoms with Crippen LogP contribution in [0.3, 0.4) is 0 Å². The minimum atomic E-state index is -0.590. The van der Waals surface area contributed by atoms with Crippen molar-refractivity contribution in [2.24, 2.45) is 0 Å². The molecule has 0 saturated heterocycles. The van der Waals surface area contributed by atoms with E-state index in [1.54, 1.807) is 25.1 Å². The molecule has 0 saturated carbocycles. The third-order valence-corrected chi connectivity index (χ3v) is 5.59. The molecule has 4 aromatic rings. The number of carbonyl (C=O) groups excluding carboxylic acids is 1. The minimum Gasteiger partial charge on any atom is -0.487 e. The number of fused-ring (bicyclic) bond motifs is 1. The third-order valence-electron chi connectivity index (χ3n) is 5.26. The number of amides is 1. The van der Waals surface area contributed by atoms with E-state index in [4.69, 9.17) is 20.8 Å². The van der Waals surface area contributed by atoms with Gasteiger partial charge in [0.2, 0.25) is 5.89 Å². The fourth-order valence-electron chi connectivity index (χ4n) is 3.45. The lowest BCUT2D eigenvalue weighted by Crippen LogP contribution is -2.13. The van der Waals surface area contributed by atoms with Gasteiger partial charge in [-0.2, -0.15) is 0 Å². The molecule has 3 aromatic carbocycles. The average Bonchev–Trinajstić information content (AvgIpc) is 3.24. The molecular weight excluding hydrogens is 458 g/mol. The lowest BCUT2D eigenvalue weighted by molar-refractivity contribution is -0.385. The molecule has 1 N–H and O–H groups in total. The molecule has 1 amide bonds. The summed E-state index contributed by atoms with van der Waals surface area (Å²) in [6.07, 6.45) is 0. The molecule has 9 heteroatoms. The minimum absolute atomic E-state index is 0.0969. The molecule has 0 bridgehead atoms. The highest BCUT2D eigenvalue weighted by Crippen LogP contribution is 2.33. The number of carbonyl (C=O) groups is 1. The first-order valence-electron chi connectivity index (χ1n) is 10.7. The van der Waals surface area contributed by atoms with Crippen molar-refractivity contribution in [1.82, 2.24) is 4.98 Å². The van der Waals surface area contributed by atoms with Crippen LogP contribution in [0.1, 0.15) is 42.6 Å². The Morgan fingerprint density at radius 1 is 1.18 bits per heavy atom. The number of hydrogen-bond acceptors (Lipinski definition) is 6. The number of aromatic nitrogens is 1. The van der Waals surface area contributed by atoms with Crippen LogP contribution in [0.4, 0.5) is 11.4 Å². The van der Waals surface area contributed by atoms with E-state index in [9.17, 15) is 14.9 Å². The summed E-state index contributed by atoms with van der Waals surface area (Å²) in [7, 11) is 0. The largest absolute Gasteiger partial charge is 0.487 e. The number of halogens is 1. The van der Waals surface area contributed by atoms with Crippen molar-refractivity contribution in [1.29, 1.82) is 0 Å². The van der Waals surface area contributed by atoms with Gasteiger partial charge in [0, 0.05) is 17.2 Å². The van der Waals surface area contributed by atoms with Crippen LogP contribution in [0, 0.1) is 10.1 Å². The molecule has 0 aliphatic carbocycles. The Hall–Kier alpha value is -3.91. The fourth-order valence-corrected chi connectivity index (χ4v) is 3.62. The van der Waals surface area contributed by atoms with E-state index in [2.05, 4.69) is 24.1 Å². The van der Waals surface area contributed by atoms with Crippen molar-refractivity contribution in [3.05, 3.63) is 80.9 Å². The van der Waals surface area contributed by atoms with Gasteiger partial charge < -0.3 is 14.5 Å². The predicted molar refractivity (Wildman–Crippen MR) is 131 cm³/mol. The molecule has 0 atom stereocenters. The summed E-state index contributed by atoms with van der Waals surface area (Å²) >= 11 is 6.30. The van der Waals surface area contributed by atoms with E-state index in [1.165, 1.54) is 18.2 Å². The van der Waals surface area contributed by atoms with Gasteiger partial charge in [-0.15, -0.1) is 0 Å². The van der Waals surface area contributed by atoms with Crippen molar-refractivity contribution in [2.75, 3.05) is 11.9 Å². The Morgan fingerprint density at radius 2 is 1.97 bits per heavy atom. The SMILES string of the molecule is CCOc1ccc(C(=O)Nc2cc(-c3nc4cc(C(C)C)ccc4o3)ccc2Cl)cc1[N+](=O)[O-]. The summed E-state index contributed by atoms with van der Waals surface area (Å²) in [6.45, 7) is 6.20. The Morgan fingerprint density at radius 3 is 2.68 bits per heavy atom. The number of nitro benzene ring substituents is 1. The van der Waals surface area contributed by atoms with Crippen LogP contribution in [0.15, 0.2) is 59.0 Å². The van der Waals surface area contributed by atoms with Crippen LogP contribution in [-0.4, -0.2) is 22.4 Å². The van der Waals surface area contributed by atoms with Crippen LogP contribution in [0.2, 0.25) is 5.02 Å². The van der Waals surface area contributed by atoms with Crippen LogP contribution < -0.4 is 10.1 Å². The Kier molecular flexibility index (Phi) is 6.51.